The monoisotopic (exact) mass is 505 g/mol. The Morgan fingerprint density at radius 1 is 1.14 bits per heavy atom. The molecule has 0 aliphatic heterocycles. The molecule has 186 valence electrons. The zero-order valence-electron chi connectivity index (χ0n) is 18.7. The van der Waals surface area contributed by atoms with Gasteiger partial charge in [0.1, 0.15) is 11.6 Å². The molecule has 1 aromatic heterocycles. The van der Waals surface area contributed by atoms with Crippen LogP contribution in [0.2, 0.25) is 0 Å². The summed E-state index contributed by atoms with van der Waals surface area (Å²) in [6, 6.07) is 12.5. The van der Waals surface area contributed by atoms with Crippen LogP contribution in [0, 0.1) is 5.82 Å². The SMILES string of the molecule is CN(Cc1cc(-c2ccccc2F)n(S(=O)(=O)c2cccc(OCC(=O)NCCO)c2)c1)C(=O)O. The highest BCUT2D eigenvalue weighted by Crippen LogP contribution is 2.30. The Labute approximate surface area is 201 Å². The van der Waals surface area contributed by atoms with Crippen LogP contribution in [0.15, 0.2) is 65.7 Å². The van der Waals surface area contributed by atoms with Gasteiger partial charge in [0.05, 0.1) is 23.7 Å². The van der Waals surface area contributed by atoms with Crippen LogP contribution >= 0.6 is 0 Å². The van der Waals surface area contributed by atoms with E-state index in [9.17, 15) is 27.5 Å². The maximum Gasteiger partial charge on any atom is 0.407 e. The van der Waals surface area contributed by atoms with Crippen LogP contribution in [0.1, 0.15) is 5.56 Å². The van der Waals surface area contributed by atoms with Crippen molar-refractivity contribution >= 4 is 22.0 Å². The Kier molecular flexibility index (Phi) is 8.10. The number of ether oxygens (including phenoxy) is 1. The van der Waals surface area contributed by atoms with Crippen molar-refractivity contribution in [1.29, 1.82) is 0 Å². The average molecular weight is 506 g/mol. The van der Waals surface area contributed by atoms with Gasteiger partial charge in [-0.25, -0.2) is 21.6 Å². The first-order chi connectivity index (χ1) is 16.6. The van der Waals surface area contributed by atoms with Gasteiger partial charge in [-0.1, -0.05) is 18.2 Å². The van der Waals surface area contributed by atoms with Crippen molar-refractivity contribution in [3.63, 3.8) is 0 Å². The van der Waals surface area contributed by atoms with Gasteiger partial charge < -0.3 is 25.2 Å². The number of nitrogens with zero attached hydrogens (tertiary/aromatic N) is 2. The molecule has 0 saturated carbocycles. The third-order valence-electron chi connectivity index (χ3n) is 4.90. The number of aliphatic hydroxyl groups excluding tert-OH is 1. The van der Waals surface area contributed by atoms with E-state index in [0.29, 0.717) is 5.56 Å². The Bertz CT molecular complexity index is 1320. The van der Waals surface area contributed by atoms with Gasteiger partial charge in [-0.05, 0) is 35.9 Å². The van der Waals surface area contributed by atoms with E-state index in [1.807, 2.05) is 0 Å². The second-order valence-corrected chi connectivity index (χ2v) is 9.30. The molecule has 3 aromatic rings. The number of amides is 2. The number of hydrogen-bond donors (Lipinski definition) is 3. The maximum absolute atomic E-state index is 14.6. The fourth-order valence-electron chi connectivity index (χ4n) is 3.22. The zero-order valence-corrected chi connectivity index (χ0v) is 19.5. The molecule has 0 spiro atoms. The fraction of sp³-hybridized carbons (Fsp3) is 0.217. The van der Waals surface area contributed by atoms with E-state index in [4.69, 9.17) is 9.84 Å². The van der Waals surface area contributed by atoms with E-state index < -0.39 is 27.8 Å². The molecular weight excluding hydrogens is 481 g/mol. The lowest BCUT2D eigenvalue weighted by atomic mass is 10.1. The molecule has 0 fully saturated rings. The lowest BCUT2D eigenvalue weighted by Gasteiger charge is -2.13. The van der Waals surface area contributed by atoms with Gasteiger partial charge in [-0.3, -0.25) is 4.79 Å². The average Bonchev–Trinajstić information content (AvgIpc) is 3.26. The Balaban J connectivity index is 1.99. The van der Waals surface area contributed by atoms with Crippen molar-refractivity contribution in [3.05, 3.63) is 72.2 Å². The molecule has 2 aromatic carbocycles. The molecule has 0 saturated heterocycles. The lowest BCUT2D eigenvalue weighted by molar-refractivity contribution is -0.123. The fourth-order valence-corrected chi connectivity index (χ4v) is 4.65. The molecule has 0 unspecified atom stereocenters. The van der Waals surface area contributed by atoms with Crippen molar-refractivity contribution in [2.75, 3.05) is 26.8 Å². The topological polar surface area (TPSA) is 138 Å². The number of halogens is 1. The quantitative estimate of drug-likeness (QED) is 0.384. The largest absolute Gasteiger partial charge is 0.484 e. The van der Waals surface area contributed by atoms with Crippen molar-refractivity contribution < 1.29 is 37.3 Å². The summed E-state index contributed by atoms with van der Waals surface area (Å²) < 4.78 is 47.9. The van der Waals surface area contributed by atoms with Crippen molar-refractivity contribution in [2.24, 2.45) is 0 Å². The van der Waals surface area contributed by atoms with Crippen LogP contribution < -0.4 is 10.1 Å². The highest BCUT2D eigenvalue weighted by Gasteiger charge is 2.24. The third kappa shape index (κ3) is 6.16. The molecule has 0 atom stereocenters. The van der Waals surface area contributed by atoms with Gasteiger partial charge in [-0.2, -0.15) is 0 Å². The second-order valence-electron chi connectivity index (χ2n) is 7.49. The number of carbonyl (C=O) groups excluding carboxylic acids is 1. The number of hydrogen-bond acceptors (Lipinski definition) is 6. The van der Waals surface area contributed by atoms with E-state index >= 15 is 0 Å². The summed E-state index contributed by atoms with van der Waals surface area (Å²) in [7, 11) is -2.95. The van der Waals surface area contributed by atoms with Crippen LogP contribution in [0.25, 0.3) is 11.3 Å². The summed E-state index contributed by atoms with van der Waals surface area (Å²) >= 11 is 0. The molecule has 12 heteroatoms. The number of aliphatic hydroxyl groups is 1. The molecule has 1 heterocycles. The van der Waals surface area contributed by atoms with E-state index in [2.05, 4.69) is 5.32 Å². The third-order valence-corrected chi connectivity index (χ3v) is 6.57. The highest BCUT2D eigenvalue weighted by atomic mass is 32.2. The summed E-state index contributed by atoms with van der Waals surface area (Å²) in [5.74, 6) is -1.03. The standard InChI is InChI=1S/C23H24FN3O7S/c1-26(23(30)31)13-16-11-21(19-7-2-3-8-20(19)24)27(14-16)35(32,33)18-6-4-5-17(12-18)34-15-22(29)25-9-10-28/h2-8,11-12,14,28H,9-10,13,15H2,1H3,(H,25,29)(H,30,31). The van der Waals surface area contributed by atoms with Gasteiger partial charge in [-0.15, -0.1) is 0 Å². The molecule has 3 rings (SSSR count). The Morgan fingerprint density at radius 3 is 2.57 bits per heavy atom. The van der Waals surface area contributed by atoms with E-state index in [-0.39, 0.29) is 48.2 Å². The van der Waals surface area contributed by atoms with Gasteiger partial charge in [0.2, 0.25) is 0 Å². The summed E-state index contributed by atoms with van der Waals surface area (Å²) in [6.07, 6.45) is 0.0350. The van der Waals surface area contributed by atoms with Crippen LogP contribution in [0.5, 0.6) is 5.75 Å². The zero-order chi connectivity index (χ0) is 25.6. The molecule has 35 heavy (non-hydrogen) atoms. The van der Waals surface area contributed by atoms with Crippen molar-refractivity contribution in [1.82, 2.24) is 14.2 Å². The number of aromatic nitrogens is 1. The van der Waals surface area contributed by atoms with Crippen molar-refractivity contribution in [3.8, 4) is 17.0 Å². The lowest BCUT2D eigenvalue weighted by Crippen LogP contribution is -2.31. The van der Waals surface area contributed by atoms with E-state index in [1.54, 1.807) is 6.07 Å². The molecule has 2 amide bonds. The predicted octanol–water partition coefficient (Wildman–Crippen LogP) is 2.13. The van der Waals surface area contributed by atoms with Crippen LogP contribution in [0.3, 0.4) is 0 Å². The maximum atomic E-state index is 14.6. The van der Waals surface area contributed by atoms with Gasteiger partial charge >= 0.3 is 6.09 Å². The van der Waals surface area contributed by atoms with Crippen molar-refractivity contribution in [2.45, 2.75) is 11.4 Å². The highest BCUT2D eigenvalue weighted by molar-refractivity contribution is 7.90. The van der Waals surface area contributed by atoms with Crippen LogP contribution in [-0.4, -0.2) is 66.3 Å². The Morgan fingerprint density at radius 2 is 1.89 bits per heavy atom. The molecule has 0 aliphatic carbocycles. The minimum Gasteiger partial charge on any atom is -0.484 e. The van der Waals surface area contributed by atoms with Crippen LogP contribution in [-0.2, 0) is 21.4 Å². The summed E-state index contributed by atoms with van der Waals surface area (Å²) in [6.45, 7) is -0.683. The van der Waals surface area contributed by atoms with E-state index in [1.165, 1.54) is 61.8 Å². The van der Waals surface area contributed by atoms with Gasteiger partial charge in [0.15, 0.2) is 6.61 Å². The van der Waals surface area contributed by atoms with Gasteiger partial charge in [0, 0.05) is 31.4 Å². The first-order valence-electron chi connectivity index (χ1n) is 10.4. The first-order valence-corrected chi connectivity index (χ1v) is 11.8. The predicted molar refractivity (Wildman–Crippen MR) is 124 cm³/mol. The number of carbonyl (C=O) groups is 2. The second kappa shape index (κ2) is 11.0. The van der Waals surface area contributed by atoms with Crippen LogP contribution in [0.4, 0.5) is 9.18 Å². The number of nitrogens with one attached hydrogen (secondary N) is 1. The molecule has 0 bridgehead atoms. The minimum atomic E-state index is -4.27. The normalized spacial score (nSPS) is 11.2. The van der Waals surface area contributed by atoms with Gasteiger partial charge in [0.25, 0.3) is 15.9 Å². The number of rotatable bonds is 10. The van der Waals surface area contributed by atoms with E-state index in [0.717, 1.165) is 8.87 Å². The summed E-state index contributed by atoms with van der Waals surface area (Å²) in [4.78, 5) is 23.7. The molecule has 3 N–H and O–H groups in total. The molecule has 0 radical (unpaired) electrons. The molecule has 10 nitrogen and oxygen atoms in total. The molecule has 0 aliphatic rings. The summed E-state index contributed by atoms with van der Waals surface area (Å²) in [5.41, 5.74) is 0.379. The molecular formula is C23H24FN3O7S. The number of carboxylic acid groups (broad SMARTS) is 1. The summed E-state index contributed by atoms with van der Waals surface area (Å²) in [5, 5.41) is 20.3. The minimum absolute atomic E-state index is 0.0200. The Hall–Kier alpha value is -3.90. The number of benzene rings is 2. The first kappa shape index (κ1) is 25.7. The smallest absolute Gasteiger partial charge is 0.407 e.